The van der Waals surface area contributed by atoms with Gasteiger partial charge in [-0.1, -0.05) is 24.3 Å². The van der Waals surface area contributed by atoms with Gasteiger partial charge in [0.1, 0.15) is 11.5 Å². The summed E-state index contributed by atoms with van der Waals surface area (Å²) in [6.07, 6.45) is 0. The van der Waals surface area contributed by atoms with Crippen molar-refractivity contribution in [1.29, 1.82) is 0 Å². The summed E-state index contributed by atoms with van der Waals surface area (Å²) >= 11 is 5.75. The van der Waals surface area contributed by atoms with Crippen molar-refractivity contribution in [2.45, 2.75) is 20.0 Å². The highest BCUT2D eigenvalue weighted by molar-refractivity contribution is 7.80. The number of thiocarbonyl (C=S) groups is 1. The number of ether oxygens (including phenoxy) is 2. The number of benzene rings is 3. The monoisotopic (exact) mass is 449 g/mol. The van der Waals surface area contributed by atoms with E-state index in [2.05, 4.69) is 15.5 Å². The highest BCUT2D eigenvalue weighted by atomic mass is 32.1. The number of carbonyl (C=O) groups is 1. The largest absolute Gasteiger partial charge is 0.497 e. The number of carbonyl (C=O) groups excluding carboxylic acids is 1. The minimum absolute atomic E-state index is 0.105. The minimum atomic E-state index is -0.105. The van der Waals surface area contributed by atoms with Crippen molar-refractivity contribution < 1.29 is 14.3 Å². The molecule has 0 aliphatic heterocycles. The van der Waals surface area contributed by atoms with Gasteiger partial charge in [-0.3, -0.25) is 4.79 Å². The lowest BCUT2D eigenvalue weighted by molar-refractivity contribution is -0.114. The van der Waals surface area contributed by atoms with Crippen LogP contribution in [0.2, 0.25) is 0 Å². The van der Waals surface area contributed by atoms with Crippen LogP contribution in [0, 0.1) is 0 Å². The Bertz CT molecular complexity index is 986. The van der Waals surface area contributed by atoms with E-state index < -0.39 is 0 Å². The van der Waals surface area contributed by atoms with E-state index in [9.17, 15) is 4.79 Å². The average Bonchev–Trinajstić information content (AvgIpc) is 2.80. The van der Waals surface area contributed by atoms with E-state index in [4.69, 9.17) is 21.7 Å². The summed E-state index contributed by atoms with van der Waals surface area (Å²) in [5.74, 6) is 1.53. The molecule has 32 heavy (non-hydrogen) atoms. The van der Waals surface area contributed by atoms with E-state index in [1.807, 2.05) is 72.8 Å². The predicted octanol–water partition coefficient (Wildman–Crippen LogP) is 5.06. The quantitative estimate of drug-likeness (QED) is 0.469. The van der Waals surface area contributed by atoms with Gasteiger partial charge in [0.15, 0.2) is 5.11 Å². The fourth-order valence-electron chi connectivity index (χ4n) is 3.14. The normalized spacial score (nSPS) is 10.2. The number of nitrogens with zero attached hydrogens (tertiary/aromatic N) is 1. The van der Waals surface area contributed by atoms with Gasteiger partial charge in [-0.25, -0.2) is 0 Å². The first-order valence-electron chi connectivity index (χ1n) is 10.2. The molecule has 0 unspecified atom stereocenters. The first kappa shape index (κ1) is 23.1. The first-order chi connectivity index (χ1) is 15.5. The van der Waals surface area contributed by atoms with E-state index >= 15 is 0 Å². The summed E-state index contributed by atoms with van der Waals surface area (Å²) in [4.78, 5) is 13.3. The fourth-order valence-corrected chi connectivity index (χ4v) is 3.39. The molecule has 1 amide bonds. The standard InChI is InChI=1S/C25H27N3O3S/c1-18(29)26-21-8-10-22(11-9-21)27-25(32)28(16-19-4-12-23(30-2)13-5-19)17-20-6-14-24(31-3)15-7-20/h4-15H,16-17H2,1-3H3,(H,26,29)(H,27,32). The lowest BCUT2D eigenvalue weighted by Crippen LogP contribution is -2.33. The lowest BCUT2D eigenvalue weighted by Gasteiger charge is -2.26. The molecule has 6 nitrogen and oxygen atoms in total. The van der Waals surface area contributed by atoms with Gasteiger partial charge in [0.25, 0.3) is 0 Å². The van der Waals surface area contributed by atoms with Crippen LogP contribution in [0.3, 0.4) is 0 Å². The van der Waals surface area contributed by atoms with Crippen molar-refractivity contribution >= 4 is 34.6 Å². The van der Waals surface area contributed by atoms with Gasteiger partial charge in [0.05, 0.1) is 14.2 Å². The molecule has 0 atom stereocenters. The molecule has 2 N–H and O–H groups in total. The summed E-state index contributed by atoms with van der Waals surface area (Å²) in [5, 5.41) is 6.67. The Hall–Kier alpha value is -3.58. The summed E-state index contributed by atoms with van der Waals surface area (Å²) in [6.45, 7) is 2.75. The van der Waals surface area contributed by atoms with Gasteiger partial charge in [-0.15, -0.1) is 0 Å². The third-order valence-corrected chi connectivity index (χ3v) is 5.17. The topological polar surface area (TPSA) is 62.8 Å². The molecule has 0 aliphatic carbocycles. The van der Waals surface area contributed by atoms with Crippen LogP contribution in [-0.4, -0.2) is 30.1 Å². The number of hydrogen-bond acceptors (Lipinski definition) is 4. The maximum absolute atomic E-state index is 11.2. The van der Waals surface area contributed by atoms with Gasteiger partial charge in [-0.2, -0.15) is 0 Å². The zero-order chi connectivity index (χ0) is 22.9. The summed E-state index contributed by atoms with van der Waals surface area (Å²) in [5.41, 5.74) is 3.81. The SMILES string of the molecule is COc1ccc(CN(Cc2ccc(OC)cc2)C(=S)Nc2ccc(NC(C)=O)cc2)cc1. The van der Waals surface area contributed by atoms with Crippen LogP contribution in [0.5, 0.6) is 11.5 Å². The third kappa shape index (κ3) is 6.72. The molecule has 0 heterocycles. The van der Waals surface area contributed by atoms with Gasteiger partial charge in [0.2, 0.25) is 5.91 Å². The van der Waals surface area contributed by atoms with E-state index in [-0.39, 0.29) is 5.91 Å². The number of amides is 1. The number of hydrogen-bond donors (Lipinski definition) is 2. The molecule has 0 saturated heterocycles. The summed E-state index contributed by atoms with van der Waals surface area (Å²) in [6, 6.07) is 23.3. The molecule has 7 heteroatoms. The number of nitrogens with one attached hydrogen (secondary N) is 2. The van der Waals surface area contributed by atoms with Crippen molar-refractivity contribution in [2.75, 3.05) is 24.9 Å². The Morgan fingerprint density at radius 2 is 1.16 bits per heavy atom. The maximum Gasteiger partial charge on any atom is 0.221 e. The Morgan fingerprint density at radius 1 is 0.750 bits per heavy atom. The zero-order valence-electron chi connectivity index (χ0n) is 18.4. The van der Waals surface area contributed by atoms with Gasteiger partial charge < -0.3 is 25.0 Å². The maximum atomic E-state index is 11.2. The van der Waals surface area contributed by atoms with Crippen LogP contribution in [0.15, 0.2) is 72.8 Å². The average molecular weight is 450 g/mol. The summed E-state index contributed by atoms with van der Waals surface area (Å²) < 4.78 is 10.5. The van der Waals surface area contributed by atoms with Gasteiger partial charge in [0, 0.05) is 31.4 Å². The van der Waals surface area contributed by atoms with Gasteiger partial charge in [-0.05, 0) is 71.9 Å². The van der Waals surface area contributed by atoms with Crippen LogP contribution in [-0.2, 0) is 17.9 Å². The molecule has 0 saturated carbocycles. The Morgan fingerprint density at radius 3 is 1.53 bits per heavy atom. The minimum Gasteiger partial charge on any atom is -0.497 e. The van der Waals surface area contributed by atoms with Gasteiger partial charge >= 0.3 is 0 Å². The van der Waals surface area contributed by atoms with Crippen molar-refractivity contribution in [3.8, 4) is 11.5 Å². The van der Waals surface area contributed by atoms with Crippen LogP contribution in [0.25, 0.3) is 0 Å². The second-order valence-corrected chi connectivity index (χ2v) is 7.63. The fraction of sp³-hybridized carbons (Fsp3) is 0.200. The lowest BCUT2D eigenvalue weighted by atomic mass is 10.1. The molecule has 0 fully saturated rings. The molecule has 3 aromatic rings. The number of methoxy groups -OCH3 is 2. The molecular formula is C25H27N3O3S. The Labute approximate surface area is 194 Å². The van der Waals surface area contributed by atoms with Crippen molar-refractivity contribution in [3.63, 3.8) is 0 Å². The summed E-state index contributed by atoms with van der Waals surface area (Å²) in [7, 11) is 3.31. The molecule has 3 rings (SSSR count). The molecule has 3 aromatic carbocycles. The molecule has 0 aliphatic rings. The number of rotatable bonds is 8. The number of anilines is 2. The van der Waals surface area contributed by atoms with E-state index in [1.54, 1.807) is 14.2 Å². The van der Waals surface area contributed by atoms with Crippen LogP contribution >= 0.6 is 12.2 Å². The second-order valence-electron chi connectivity index (χ2n) is 7.24. The highest BCUT2D eigenvalue weighted by Gasteiger charge is 2.13. The Kier molecular flexibility index (Phi) is 8.05. The molecule has 166 valence electrons. The molecular weight excluding hydrogens is 422 g/mol. The second kappa shape index (κ2) is 11.2. The van der Waals surface area contributed by atoms with Crippen molar-refractivity contribution in [1.82, 2.24) is 4.90 Å². The van der Waals surface area contributed by atoms with Crippen LogP contribution in [0.1, 0.15) is 18.1 Å². The Balaban J connectivity index is 1.75. The van der Waals surface area contributed by atoms with E-state index in [1.165, 1.54) is 6.92 Å². The third-order valence-electron chi connectivity index (χ3n) is 4.81. The predicted molar refractivity (Wildman–Crippen MR) is 132 cm³/mol. The van der Waals surface area contributed by atoms with Crippen molar-refractivity contribution in [2.24, 2.45) is 0 Å². The molecule has 0 spiro atoms. The van der Waals surface area contributed by atoms with Crippen molar-refractivity contribution in [3.05, 3.63) is 83.9 Å². The zero-order valence-corrected chi connectivity index (χ0v) is 19.2. The molecule has 0 aromatic heterocycles. The van der Waals surface area contributed by atoms with E-state index in [0.717, 1.165) is 34.0 Å². The first-order valence-corrected chi connectivity index (χ1v) is 10.6. The highest BCUT2D eigenvalue weighted by Crippen LogP contribution is 2.19. The van der Waals surface area contributed by atoms with Crippen LogP contribution in [0.4, 0.5) is 11.4 Å². The molecule has 0 bridgehead atoms. The van der Waals surface area contributed by atoms with Crippen LogP contribution < -0.4 is 20.1 Å². The van der Waals surface area contributed by atoms with E-state index in [0.29, 0.717) is 18.2 Å². The smallest absolute Gasteiger partial charge is 0.221 e. The molecule has 0 radical (unpaired) electrons.